The van der Waals surface area contributed by atoms with Gasteiger partial charge in [-0.25, -0.2) is 0 Å². The Balaban J connectivity index is 1.89. The Kier molecular flexibility index (Phi) is 6.54. The summed E-state index contributed by atoms with van der Waals surface area (Å²) in [6.45, 7) is 6.17. The maximum atomic E-state index is 12.1. The maximum absolute atomic E-state index is 12.1. The third-order valence-electron chi connectivity index (χ3n) is 3.75. The number of rotatable bonds is 8. The van der Waals surface area contributed by atoms with Crippen LogP contribution < -0.4 is 14.8 Å². The van der Waals surface area contributed by atoms with E-state index in [1.54, 1.807) is 44.2 Å². The topological polar surface area (TPSA) is 90.7 Å². The summed E-state index contributed by atoms with van der Waals surface area (Å²) in [4.78, 5) is 22.6. The minimum absolute atomic E-state index is 0.0171. The van der Waals surface area contributed by atoms with E-state index in [9.17, 15) is 14.9 Å². The lowest BCUT2D eigenvalue weighted by Crippen LogP contribution is -2.16. The minimum atomic E-state index is -0.459. The summed E-state index contributed by atoms with van der Waals surface area (Å²) >= 11 is 0. The Labute approximate surface area is 152 Å². The number of hydrogen-bond acceptors (Lipinski definition) is 5. The highest BCUT2D eigenvalue weighted by molar-refractivity contribution is 5.92. The highest BCUT2D eigenvalue weighted by atomic mass is 16.6. The molecule has 0 saturated carbocycles. The van der Waals surface area contributed by atoms with E-state index in [1.807, 2.05) is 6.92 Å². The third kappa shape index (κ3) is 5.20. The van der Waals surface area contributed by atoms with Gasteiger partial charge in [-0.3, -0.25) is 14.9 Å². The van der Waals surface area contributed by atoms with Gasteiger partial charge in [-0.15, -0.1) is 0 Å². The molecule has 0 fully saturated rings. The van der Waals surface area contributed by atoms with Crippen LogP contribution in [0.25, 0.3) is 0 Å². The lowest BCUT2D eigenvalue weighted by Gasteiger charge is -2.11. The lowest BCUT2D eigenvalue weighted by atomic mass is 10.1. The molecule has 0 aliphatic rings. The van der Waals surface area contributed by atoms with Gasteiger partial charge in [0.15, 0.2) is 0 Å². The van der Waals surface area contributed by atoms with Crippen LogP contribution in [0.1, 0.15) is 24.5 Å². The molecular formula is C19H22N2O5. The number of hydrogen-bond donors (Lipinski definition) is 1. The van der Waals surface area contributed by atoms with Crippen molar-refractivity contribution in [3.05, 3.63) is 57.6 Å². The van der Waals surface area contributed by atoms with Crippen LogP contribution in [0, 0.1) is 24.0 Å². The first-order chi connectivity index (χ1) is 12.4. The molecule has 2 aromatic rings. The van der Waals surface area contributed by atoms with Crippen molar-refractivity contribution >= 4 is 17.3 Å². The molecule has 7 heteroatoms. The van der Waals surface area contributed by atoms with Gasteiger partial charge in [0.2, 0.25) is 5.91 Å². The molecule has 1 amide bonds. The zero-order valence-electron chi connectivity index (χ0n) is 15.1. The minimum Gasteiger partial charge on any atom is -0.494 e. The molecule has 0 radical (unpaired) electrons. The van der Waals surface area contributed by atoms with Crippen LogP contribution in [-0.2, 0) is 4.79 Å². The molecule has 0 aromatic heterocycles. The van der Waals surface area contributed by atoms with Crippen molar-refractivity contribution in [2.45, 2.75) is 27.2 Å². The van der Waals surface area contributed by atoms with E-state index in [4.69, 9.17) is 9.47 Å². The molecule has 0 aliphatic carbocycles. The molecule has 2 rings (SSSR count). The number of carbonyl (C=O) groups excluding carboxylic acids is 1. The number of anilines is 1. The second kappa shape index (κ2) is 8.84. The summed E-state index contributed by atoms with van der Waals surface area (Å²) < 4.78 is 10.9. The Morgan fingerprint density at radius 2 is 1.69 bits per heavy atom. The molecule has 0 unspecified atom stereocenters. The Hall–Kier alpha value is -3.09. The molecule has 0 heterocycles. The number of amides is 1. The summed E-state index contributed by atoms with van der Waals surface area (Å²) in [7, 11) is 0. The Morgan fingerprint density at radius 1 is 1.08 bits per heavy atom. The van der Waals surface area contributed by atoms with E-state index >= 15 is 0 Å². The first-order valence-electron chi connectivity index (χ1n) is 8.32. The van der Waals surface area contributed by atoms with Gasteiger partial charge in [0.05, 0.1) is 30.2 Å². The van der Waals surface area contributed by atoms with Gasteiger partial charge >= 0.3 is 0 Å². The number of benzene rings is 2. The summed E-state index contributed by atoms with van der Waals surface area (Å²) in [5.74, 6) is 1.13. The van der Waals surface area contributed by atoms with E-state index in [0.29, 0.717) is 23.6 Å². The van der Waals surface area contributed by atoms with Gasteiger partial charge < -0.3 is 14.8 Å². The summed E-state index contributed by atoms with van der Waals surface area (Å²) in [5, 5.41) is 13.7. The fraction of sp³-hybridized carbons (Fsp3) is 0.316. The molecule has 0 saturated heterocycles. The summed E-state index contributed by atoms with van der Waals surface area (Å²) in [6.07, 6.45) is 0.133. The maximum Gasteiger partial charge on any atom is 0.274 e. The highest BCUT2D eigenvalue weighted by Crippen LogP contribution is 2.26. The second-order valence-corrected chi connectivity index (χ2v) is 5.76. The van der Waals surface area contributed by atoms with Crippen molar-refractivity contribution in [3.63, 3.8) is 0 Å². The van der Waals surface area contributed by atoms with Crippen LogP contribution in [0.5, 0.6) is 11.5 Å². The van der Waals surface area contributed by atoms with Gasteiger partial charge in [-0.05, 0) is 56.7 Å². The number of nitrogens with one attached hydrogen (secondary N) is 1. The average molecular weight is 358 g/mol. The summed E-state index contributed by atoms with van der Waals surface area (Å²) in [6, 6.07) is 10.2. The van der Waals surface area contributed by atoms with Crippen molar-refractivity contribution in [1.29, 1.82) is 0 Å². The molecule has 0 spiro atoms. The molecule has 7 nitrogen and oxygen atoms in total. The van der Waals surface area contributed by atoms with Crippen molar-refractivity contribution in [1.82, 2.24) is 0 Å². The Morgan fingerprint density at radius 3 is 2.27 bits per heavy atom. The molecule has 1 N–H and O–H groups in total. The predicted molar refractivity (Wildman–Crippen MR) is 98.9 cm³/mol. The first-order valence-corrected chi connectivity index (χ1v) is 8.32. The zero-order valence-corrected chi connectivity index (χ0v) is 15.1. The van der Waals surface area contributed by atoms with E-state index in [2.05, 4.69) is 5.32 Å². The number of carbonyl (C=O) groups is 1. The number of nitro benzene ring substituents is 1. The summed E-state index contributed by atoms with van der Waals surface area (Å²) in [5.41, 5.74) is 1.75. The zero-order chi connectivity index (χ0) is 19.1. The van der Waals surface area contributed by atoms with Crippen LogP contribution in [0.4, 0.5) is 11.4 Å². The van der Waals surface area contributed by atoms with Crippen LogP contribution in [0.15, 0.2) is 36.4 Å². The normalized spacial score (nSPS) is 10.3. The van der Waals surface area contributed by atoms with E-state index < -0.39 is 4.92 Å². The molecule has 0 bridgehead atoms. The second-order valence-electron chi connectivity index (χ2n) is 5.76. The number of aryl methyl sites for hydroxylation is 2. The van der Waals surface area contributed by atoms with Crippen molar-refractivity contribution in [2.24, 2.45) is 0 Å². The van der Waals surface area contributed by atoms with Crippen molar-refractivity contribution < 1.29 is 19.2 Å². The SMILES string of the molecule is CCOc1ccc(OCCC(=O)Nc2cc([N+](=O)[O-])c(C)cc2C)cc1. The molecule has 0 atom stereocenters. The first kappa shape index (κ1) is 19.2. The van der Waals surface area contributed by atoms with E-state index in [0.717, 1.165) is 11.3 Å². The number of ether oxygens (including phenoxy) is 2. The number of nitrogens with zero attached hydrogens (tertiary/aromatic N) is 1. The van der Waals surface area contributed by atoms with Gasteiger partial charge in [-0.2, -0.15) is 0 Å². The van der Waals surface area contributed by atoms with Crippen LogP contribution in [0.3, 0.4) is 0 Å². The molecular weight excluding hydrogens is 336 g/mol. The standard InChI is InChI=1S/C19H22N2O5/c1-4-25-15-5-7-16(8-6-15)26-10-9-19(22)20-17-12-18(21(23)24)14(3)11-13(17)2/h5-8,11-12H,4,9-10H2,1-3H3,(H,20,22). The quantitative estimate of drug-likeness (QED) is 0.568. The smallest absolute Gasteiger partial charge is 0.274 e. The van der Waals surface area contributed by atoms with Gasteiger partial charge in [0.25, 0.3) is 5.69 Å². The monoisotopic (exact) mass is 358 g/mol. The third-order valence-corrected chi connectivity index (χ3v) is 3.75. The van der Waals surface area contributed by atoms with Gasteiger partial charge in [0.1, 0.15) is 11.5 Å². The highest BCUT2D eigenvalue weighted by Gasteiger charge is 2.15. The van der Waals surface area contributed by atoms with Crippen LogP contribution >= 0.6 is 0 Å². The van der Waals surface area contributed by atoms with Gasteiger partial charge in [-0.1, -0.05) is 0 Å². The fourth-order valence-corrected chi connectivity index (χ4v) is 2.45. The Bertz CT molecular complexity index is 787. The molecule has 26 heavy (non-hydrogen) atoms. The molecule has 138 valence electrons. The largest absolute Gasteiger partial charge is 0.494 e. The van der Waals surface area contributed by atoms with Crippen molar-refractivity contribution in [2.75, 3.05) is 18.5 Å². The molecule has 0 aliphatic heterocycles. The van der Waals surface area contributed by atoms with Gasteiger partial charge in [0, 0.05) is 11.6 Å². The number of nitro groups is 1. The fourth-order valence-electron chi connectivity index (χ4n) is 2.45. The predicted octanol–water partition coefficient (Wildman–Crippen LogP) is 4.02. The molecule has 2 aromatic carbocycles. The lowest BCUT2D eigenvalue weighted by molar-refractivity contribution is -0.385. The van der Waals surface area contributed by atoms with Crippen LogP contribution in [-0.4, -0.2) is 24.0 Å². The van der Waals surface area contributed by atoms with E-state index in [-0.39, 0.29) is 24.6 Å². The van der Waals surface area contributed by atoms with Crippen LogP contribution in [0.2, 0.25) is 0 Å². The van der Waals surface area contributed by atoms with E-state index in [1.165, 1.54) is 6.07 Å². The average Bonchev–Trinajstić information content (AvgIpc) is 2.59. The van der Waals surface area contributed by atoms with Crippen molar-refractivity contribution in [3.8, 4) is 11.5 Å².